The third-order valence-electron chi connectivity index (χ3n) is 3.85. The van der Waals surface area contributed by atoms with Crippen LogP contribution in [0.25, 0.3) is 0 Å². The first-order valence-electron chi connectivity index (χ1n) is 7.18. The molecule has 0 aliphatic carbocycles. The number of hydrogen-bond donors (Lipinski definition) is 0. The Labute approximate surface area is 129 Å². The summed E-state index contributed by atoms with van der Waals surface area (Å²) in [5.41, 5.74) is 3.32. The molecule has 1 heterocycles. The Bertz CT molecular complexity index is 651. The third kappa shape index (κ3) is 3.34. The minimum atomic E-state index is -0.120. The number of halogens is 1. The van der Waals surface area contributed by atoms with Crippen LogP contribution in [0.15, 0.2) is 48.5 Å². The zero-order valence-corrected chi connectivity index (χ0v) is 12.5. The second kappa shape index (κ2) is 6.42. The molecule has 108 valence electrons. The Morgan fingerprint density at radius 3 is 2.76 bits per heavy atom. The lowest BCUT2D eigenvalue weighted by Crippen LogP contribution is -2.19. The summed E-state index contributed by atoms with van der Waals surface area (Å²) in [7, 11) is 0. The van der Waals surface area contributed by atoms with E-state index >= 15 is 0 Å². The molecule has 1 aliphatic heterocycles. The Morgan fingerprint density at radius 1 is 1.14 bits per heavy atom. The molecule has 2 aromatic rings. The summed E-state index contributed by atoms with van der Waals surface area (Å²) in [6.45, 7) is 0.682. The van der Waals surface area contributed by atoms with Crippen LogP contribution in [0.2, 0.25) is 5.02 Å². The average Bonchev–Trinajstić information content (AvgIpc) is 2.50. The number of benzene rings is 2. The first kappa shape index (κ1) is 14.3. The fourth-order valence-electron chi connectivity index (χ4n) is 2.78. The molecule has 1 unspecified atom stereocenters. The van der Waals surface area contributed by atoms with Crippen molar-refractivity contribution < 1.29 is 9.53 Å². The van der Waals surface area contributed by atoms with E-state index in [0.29, 0.717) is 24.5 Å². The zero-order chi connectivity index (χ0) is 14.7. The van der Waals surface area contributed by atoms with Crippen LogP contribution in [0.1, 0.15) is 29.2 Å². The average molecular weight is 301 g/mol. The number of carbonyl (C=O) groups is 1. The Morgan fingerprint density at radius 2 is 1.90 bits per heavy atom. The molecule has 0 radical (unpaired) electrons. The predicted molar refractivity (Wildman–Crippen MR) is 83.6 cm³/mol. The predicted octanol–water partition coefficient (Wildman–Crippen LogP) is 4.16. The normalized spacial score (nSPS) is 17.3. The molecule has 1 atom stereocenters. The molecule has 1 aliphatic rings. The maximum absolute atomic E-state index is 12.3. The van der Waals surface area contributed by atoms with Crippen LogP contribution in [0.4, 0.5) is 0 Å². The van der Waals surface area contributed by atoms with Crippen molar-refractivity contribution in [1.29, 1.82) is 0 Å². The Hall–Kier alpha value is -1.64. The number of fused-ring (bicyclic) bond motifs is 1. The molecule has 2 aromatic carbocycles. The van der Waals surface area contributed by atoms with E-state index in [0.717, 1.165) is 17.5 Å². The highest BCUT2D eigenvalue weighted by molar-refractivity contribution is 6.31. The van der Waals surface area contributed by atoms with Crippen molar-refractivity contribution in [3.05, 3.63) is 70.2 Å². The highest BCUT2D eigenvalue weighted by atomic mass is 35.5. The third-order valence-corrected chi connectivity index (χ3v) is 4.22. The first-order chi connectivity index (χ1) is 10.2. The van der Waals surface area contributed by atoms with Gasteiger partial charge < -0.3 is 4.74 Å². The maximum Gasteiger partial charge on any atom is 0.140 e. The number of Topliss-reactive ketones (excluding diaryl/α,β-unsaturated/α-hetero) is 1. The number of rotatable bonds is 4. The summed E-state index contributed by atoms with van der Waals surface area (Å²) in [6, 6.07) is 15.7. The van der Waals surface area contributed by atoms with E-state index in [1.165, 1.54) is 5.56 Å². The topological polar surface area (TPSA) is 26.3 Å². The molecule has 0 amide bonds. The minimum Gasteiger partial charge on any atom is -0.373 e. The molecule has 3 heteroatoms. The van der Waals surface area contributed by atoms with Gasteiger partial charge in [-0.25, -0.2) is 0 Å². The van der Waals surface area contributed by atoms with Gasteiger partial charge in [-0.05, 0) is 29.2 Å². The van der Waals surface area contributed by atoms with E-state index in [4.69, 9.17) is 16.3 Å². The molecule has 0 N–H and O–H groups in total. The molecule has 21 heavy (non-hydrogen) atoms. The summed E-state index contributed by atoms with van der Waals surface area (Å²) in [4.78, 5) is 12.3. The van der Waals surface area contributed by atoms with Crippen LogP contribution >= 0.6 is 11.6 Å². The molecule has 0 fully saturated rings. The van der Waals surface area contributed by atoms with Crippen LogP contribution < -0.4 is 0 Å². The standard InChI is InChI=1S/C18H17ClO2/c19-17-8-4-2-6-14(17)11-15(20)12-18-16-7-3-1-5-13(16)9-10-21-18/h1-8,18H,9-12H2. The van der Waals surface area contributed by atoms with Crippen LogP contribution in [-0.2, 0) is 22.4 Å². The number of carbonyl (C=O) groups excluding carboxylic acids is 1. The van der Waals surface area contributed by atoms with Crippen molar-refractivity contribution in [1.82, 2.24) is 0 Å². The van der Waals surface area contributed by atoms with Gasteiger partial charge in [0.05, 0.1) is 12.7 Å². The molecular formula is C18H17ClO2. The number of ketones is 1. The number of hydrogen-bond acceptors (Lipinski definition) is 2. The summed E-state index contributed by atoms with van der Waals surface area (Å²) < 4.78 is 5.79. The lowest BCUT2D eigenvalue weighted by atomic mass is 9.93. The van der Waals surface area contributed by atoms with Crippen molar-refractivity contribution in [3.63, 3.8) is 0 Å². The largest absolute Gasteiger partial charge is 0.373 e. The molecule has 0 aromatic heterocycles. The number of ether oxygens (including phenoxy) is 1. The van der Waals surface area contributed by atoms with Gasteiger partial charge in [0.25, 0.3) is 0 Å². The van der Waals surface area contributed by atoms with Gasteiger partial charge >= 0.3 is 0 Å². The molecule has 3 rings (SSSR count). The van der Waals surface area contributed by atoms with Gasteiger partial charge in [0.15, 0.2) is 0 Å². The quantitative estimate of drug-likeness (QED) is 0.847. The van der Waals surface area contributed by atoms with E-state index in [2.05, 4.69) is 12.1 Å². The van der Waals surface area contributed by atoms with Crippen LogP contribution in [0.3, 0.4) is 0 Å². The highest BCUT2D eigenvalue weighted by Crippen LogP contribution is 2.30. The van der Waals surface area contributed by atoms with E-state index in [9.17, 15) is 4.79 Å². The minimum absolute atomic E-state index is 0.120. The summed E-state index contributed by atoms with van der Waals surface area (Å²) in [6.07, 6.45) is 1.57. The van der Waals surface area contributed by atoms with Crippen LogP contribution in [0.5, 0.6) is 0 Å². The van der Waals surface area contributed by atoms with Crippen molar-refractivity contribution in [3.8, 4) is 0 Å². The lowest BCUT2D eigenvalue weighted by Gasteiger charge is -2.25. The van der Waals surface area contributed by atoms with Gasteiger partial charge in [0.1, 0.15) is 5.78 Å². The second-order valence-corrected chi connectivity index (χ2v) is 5.73. The second-order valence-electron chi connectivity index (χ2n) is 5.32. The SMILES string of the molecule is O=C(Cc1ccccc1Cl)CC1OCCc2ccccc21. The van der Waals surface area contributed by atoms with Gasteiger partial charge in [0, 0.05) is 17.9 Å². The smallest absolute Gasteiger partial charge is 0.140 e. The van der Waals surface area contributed by atoms with Crippen molar-refractivity contribution in [2.24, 2.45) is 0 Å². The monoisotopic (exact) mass is 300 g/mol. The molecule has 0 bridgehead atoms. The maximum atomic E-state index is 12.3. The van der Waals surface area contributed by atoms with Crippen molar-refractivity contribution >= 4 is 17.4 Å². The Kier molecular flexibility index (Phi) is 4.37. The molecule has 0 spiro atoms. The Balaban J connectivity index is 1.70. The van der Waals surface area contributed by atoms with Crippen molar-refractivity contribution in [2.45, 2.75) is 25.4 Å². The summed E-state index contributed by atoms with van der Waals surface area (Å²) >= 11 is 6.11. The molecular weight excluding hydrogens is 284 g/mol. The van der Waals surface area contributed by atoms with Gasteiger partial charge in [-0.2, -0.15) is 0 Å². The van der Waals surface area contributed by atoms with E-state index in [1.807, 2.05) is 36.4 Å². The zero-order valence-electron chi connectivity index (χ0n) is 11.7. The molecule has 0 saturated carbocycles. The molecule has 2 nitrogen and oxygen atoms in total. The summed E-state index contributed by atoms with van der Waals surface area (Å²) in [5.74, 6) is 0.157. The van der Waals surface area contributed by atoms with Crippen molar-refractivity contribution in [2.75, 3.05) is 6.61 Å². The van der Waals surface area contributed by atoms with Crippen LogP contribution in [0, 0.1) is 0 Å². The van der Waals surface area contributed by atoms with E-state index in [-0.39, 0.29) is 11.9 Å². The van der Waals surface area contributed by atoms with E-state index < -0.39 is 0 Å². The highest BCUT2D eigenvalue weighted by Gasteiger charge is 2.23. The van der Waals surface area contributed by atoms with Gasteiger partial charge in [-0.15, -0.1) is 0 Å². The fraction of sp³-hybridized carbons (Fsp3) is 0.278. The van der Waals surface area contributed by atoms with Gasteiger partial charge in [-0.1, -0.05) is 54.1 Å². The lowest BCUT2D eigenvalue weighted by molar-refractivity contribution is -0.121. The van der Waals surface area contributed by atoms with Gasteiger partial charge in [-0.3, -0.25) is 4.79 Å². The first-order valence-corrected chi connectivity index (χ1v) is 7.56. The van der Waals surface area contributed by atoms with Gasteiger partial charge in [0.2, 0.25) is 0 Å². The van der Waals surface area contributed by atoms with Crippen LogP contribution in [-0.4, -0.2) is 12.4 Å². The molecule has 0 saturated heterocycles. The van der Waals surface area contributed by atoms with E-state index in [1.54, 1.807) is 0 Å². The fourth-order valence-corrected chi connectivity index (χ4v) is 2.98. The summed E-state index contributed by atoms with van der Waals surface area (Å²) in [5, 5.41) is 0.649.